The van der Waals surface area contributed by atoms with E-state index in [2.05, 4.69) is 13.8 Å². The van der Waals surface area contributed by atoms with E-state index in [0.29, 0.717) is 5.75 Å². The van der Waals surface area contributed by atoms with Crippen molar-refractivity contribution in [1.29, 1.82) is 0 Å². The maximum atomic E-state index is 10.3. The first-order valence-electron chi connectivity index (χ1n) is 5.20. The maximum absolute atomic E-state index is 10.3. The lowest BCUT2D eigenvalue weighted by Crippen LogP contribution is -1.94. The van der Waals surface area contributed by atoms with Crippen molar-refractivity contribution in [3.05, 3.63) is 0 Å². The summed E-state index contributed by atoms with van der Waals surface area (Å²) in [5, 5.41) is 0. The Labute approximate surface area is 84.4 Å². The van der Waals surface area contributed by atoms with Crippen molar-refractivity contribution < 1.29 is 8.76 Å². The highest BCUT2D eigenvalue weighted by Gasteiger charge is 1.96. The molecule has 2 nitrogen and oxygen atoms in total. The molecule has 0 radical (unpaired) electrons. The van der Waals surface area contributed by atoms with Crippen LogP contribution in [-0.4, -0.2) is 14.5 Å². The van der Waals surface area contributed by atoms with Gasteiger partial charge in [-0.25, -0.2) is 4.21 Å². The van der Waals surface area contributed by atoms with Crippen LogP contribution in [0.4, 0.5) is 0 Å². The lowest BCUT2D eigenvalue weighted by molar-refractivity contribution is 0.516. The van der Waals surface area contributed by atoms with Gasteiger partial charge in [-0.2, -0.15) is 0 Å². The van der Waals surface area contributed by atoms with E-state index in [4.69, 9.17) is 4.55 Å². The first-order chi connectivity index (χ1) is 6.13. The van der Waals surface area contributed by atoms with Crippen LogP contribution >= 0.6 is 0 Å². The van der Waals surface area contributed by atoms with Gasteiger partial charge in [-0.3, -0.25) is 0 Å². The van der Waals surface area contributed by atoms with Crippen molar-refractivity contribution in [2.24, 2.45) is 5.92 Å². The molecule has 0 amide bonds. The third-order valence-electron chi connectivity index (χ3n) is 2.10. The van der Waals surface area contributed by atoms with E-state index in [0.717, 1.165) is 18.8 Å². The Morgan fingerprint density at radius 2 is 1.62 bits per heavy atom. The van der Waals surface area contributed by atoms with Gasteiger partial charge in [0.05, 0.1) is 0 Å². The fourth-order valence-electron chi connectivity index (χ4n) is 1.31. The molecular weight excluding hydrogens is 184 g/mol. The topological polar surface area (TPSA) is 37.3 Å². The minimum atomic E-state index is -1.58. The van der Waals surface area contributed by atoms with Crippen molar-refractivity contribution in [3.8, 4) is 0 Å². The Kier molecular flexibility index (Phi) is 8.77. The molecule has 0 aliphatic heterocycles. The maximum Gasteiger partial charge on any atom is 0.152 e. The monoisotopic (exact) mass is 206 g/mol. The summed E-state index contributed by atoms with van der Waals surface area (Å²) in [4.78, 5) is 0. The molecule has 1 unspecified atom stereocenters. The zero-order chi connectivity index (χ0) is 10.1. The minimum Gasteiger partial charge on any atom is -0.306 e. The Balaban J connectivity index is 2.96. The SMILES string of the molecule is CC(C)CCCCCCCS(=O)O. The molecule has 3 heteroatoms. The molecular formula is C10H22O2S. The Bertz CT molecular complexity index is 135. The molecule has 0 rings (SSSR count). The molecule has 0 aromatic heterocycles. The summed E-state index contributed by atoms with van der Waals surface area (Å²) in [6, 6.07) is 0. The summed E-state index contributed by atoms with van der Waals surface area (Å²) in [5.41, 5.74) is 0. The van der Waals surface area contributed by atoms with E-state index in [-0.39, 0.29) is 0 Å². The predicted octanol–water partition coefficient (Wildman–Crippen LogP) is 3.20. The Morgan fingerprint density at radius 3 is 2.15 bits per heavy atom. The van der Waals surface area contributed by atoms with Crippen molar-refractivity contribution in [2.75, 3.05) is 5.75 Å². The van der Waals surface area contributed by atoms with Crippen molar-refractivity contribution in [3.63, 3.8) is 0 Å². The molecule has 0 spiro atoms. The van der Waals surface area contributed by atoms with E-state index in [9.17, 15) is 4.21 Å². The Morgan fingerprint density at radius 1 is 1.08 bits per heavy atom. The van der Waals surface area contributed by atoms with E-state index < -0.39 is 11.1 Å². The quantitative estimate of drug-likeness (QED) is 0.489. The third kappa shape index (κ3) is 12.1. The Hall–Kier alpha value is 0.110. The number of hydrogen-bond donors (Lipinski definition) is 1. The largest absolute Gasteiger partial charge is 0.306 e. The normalized spacial score (nSPS) is 13.5. The zero-order valence-corrected chi connectivity index (χ0v) is 9.61. The van der Waals surface area contributed by atoms with Crippen LogP contribution < -0.4 is 0 Å². The molecule has 0 aliphatic carbocycles. The fourth-order valence-corrected chi connectivity index (χ4v) is 1.76. The van der Waals surface area contributed by atoms with Crippen LogP contribution in [0.5, 0.6) is 0 Å². The average Bonchev–Trinajstić information content (AvgIpc) is 2.01. The predicted molar refractivity (Wildman–Crippen MR) is 58.2 cm³/mol. The molecule has 13 heavy (non-hydrogen) atoms. The summed E-state index contributed by atoms with van der Waals surface area (Å²) in [7, 11) is 0. The van der Waals surface area contributed by atoms with E-state index in [1.165, 1.54) is 25.7 Å². The van der Waals surface area contributed by atoms with Gasteiger partial charge < -0.3 is 4.55 Å². The van der Waals surface area contributed by atoms with Crippen molar-refractivity contribution in [2.45, 2.75) is 52.4 Å². The molecule has 0 aromatic rings. The van der Waals surface area contributed by atoms with Crippen molar-refractivity contribution in [1.82, 2.24) is 0 Å². The highest BCUT2D eigenvalue weighted by atomic mass is 32.2. The smallest absolute Gasteiger partial charge is 0.152 e. The molecule has 80 valence electrons. The summed E-state index contributed by atoms with van der Waals surface area (Å²) in [6.07, 6.45) is 7.10. The van der Waals surface area contributed by atoms with Gasteiger partial charge in [0.2, 0.25) is 0 Å². The molecule has 0 saturated carbocycles. The fraction of sp³-hybridized carbons (Fsp3) is 1.00. The highest BCUT2D eigenvalue weighted by molar-refractivity contribution is 7.79. The molecule has 0 bridgehead atoms. The highest BCUT2D eigenvalue weighted by Crippen LogP contribution is 2.10. The van der Waals surface area contributed by atoms with Gasteiger partial charge in [-0.15, -0.1) is 0 Å². The van der Waals surface area contributed by atoms with Gasteiger partial charge in [-0.05, 0) is 12.3 Å². The molecule has 0 fully saturated rings. The lowest BCUT2D eigenvalue weighted by Gasteiger charge is -2.03. The van der Waals surface area contributed by atoms with Gasteiger partial charge >= 0.3 is 0 Å². The van der Waals surface area contributed by atoms with E-state index >= 15 is 0 Å². The van der Waals surface area contributed by atoms with Crippen LogP contribution in [0.15, 0.2) is 0 Å². The summed E-state index contributed by atoms with van der Waals surface area (Å²) in [6.45, 7) is 4.49. The first-order valence-corrected chi connectivity index (χ1v) is 6.48. The lowest BCUT2D eigenvalue weighted by atomic mass is 10.0. The molecule has 0 aromatic carbocycles. The average molecular weight is 206 g/mol. The molecule has 0 heterocycles. The van der Waals surface area contributed by atoms with Gasteiger partial charge in [-0.1, -0.05) is 46.0 Å². The number of rotatable bonds is 8. The van der Waals surface area contributed by atoms with E-state index in [1.54, 1.807) is 0 Å². The van der Waals surface area contributed by atoms with Gasteiger partial charge in [0.25, 0.3) is 0 Å². The summed E-state index contributed by atoms with van der Waals surface area (Å²) >= 11 is -1.58. The van der Waals surface area contributed by atoms with Crippen LogP contribution in [0.3, 0.4) is 0 Å². The van der Waals surface area contributed by atoms with E-state index in [1.807, 2.05) is 0 Å². The van der Waals surface area contributed by atoms with Crippen LogP contribution in [0, 0.1) is 5.92 Å². The standard InChI is InChI=1S/C10H22O2S/c1-10(2)8-6-4-3-5-7-9-13(11)12/h10H,3-9H2,1-2H3,(H,11,12). The second-order valence-electron chi connectivity index (χ2n) is 3.98. The molecule has 0 aliphatic rings. The summed E-state index contributed by atoms with van der Waals surface area (Å²) in [5.74, 6) is 1.26. The molecule has 1 atom stereocenters. The summed E-state index contributed by atoms with van der Waals surface area (Å²) < 4.78 is 18.8. The molecule has 0 saturated heterocycles. The van der Waals surface area contributed by atoms with Gasteiger partial charge in [0.15, 0.2) is 11.1 Å². The van der Waals surface area contributed by atoms with Crippen molar-refractivity contribution >= 4 is 11.1 Å². The van der Waals surface area contributed by atoms with Crippen LogP contribution in [-0.2, 0) is 11.1 Å². The van der Waals surface area contributed by atoms with Gasteiger partial charge in [0, 0.05) is 5.75 Å². The zero-order valence-electron chi connectivity index (χ0n) is 8.79. The van der Waals surface area contributed by atoms with Crippen LogP contribution in [0.25, 0.3) is 0 Å². The third-order valence-corrected chi connectivity index (χ3v) is 2.74. The second-order valence-corrected chi connectivity index (χ2v) is 5.03. The molecule has 1 N–H and O–H groups in total. The second kappa shape index (κ2) is 8.70. The number of unbranched alkanes of at least 4 members (excludes halogenated alkanes) is 4. The first kappa shape index (κ1) is 13.1. The van der Waals surface area contributed by atoms with Gasteiger partial charge in [0.1, 0.15) is 0 Å². The van der Waals surface area contributed by atoms with Crippen LogP contribution in [0.2, 0.25) is 0 Å². The minimum absolute atomic E-state index is 0.449. The van der Waals surface area contributed by atoms with Crippen LogP contribution in [0.1, 0.15) is 52.4 Å². The number of hydrogen-bond acceptors (Lipinski definition) is 1.